The van der Waals surface area contributed by atoms with Crippen molar-refractivity contribution in [1.29, 1.82) is 0 Å². The number of nitrogen functional groups attached to an aromatic ring is 1. The second-order valence-corrected chi connectivity index (χ2v) is 20.5. The van der Waals surface area contributed by atoms with Gasteiger partial charge < -0.3 is 56.0 Å². The summed E-state index contributed by atoms with van der Waals surface area (Å²) in [6, 6.07) is 0. The highest BCUT2D eigenvalue weighted by atomic mass is 32.2. The van der Waals surface area contributed by atoms with E-state index in [0.29, 0.717) is 25.0 Å². The minimum absolute atomic E-state index is 0.000307. The van der Waals surface area contributed by atoms with E-state index in [1.807, 2.05) is 31.2 Å². The number of thioether (sulfide) groups is 1. The summed E-state index contributed by atoms with van der Waals surface area (Å²) < 4.78 is 62.3. The quantitative estimate of drug-likeness (QED) is 0.0316. The summed E-state index contributed by atoms with van der Waals surface area (Å²) in [6.45, 7) is 2.39. The number of hydrogen-bond donors (Lipinski definition) is 10. The zero-order valence-corrected chi connectivity index (χ0v) is 38.9. The van der Waals surface area contributed by atoms with E-state index in [2.05, 4.69) is 34.4 Å². The highest BCUT2D eigenvalue weighted by Crippen LogP contribution is 2.61. The highest BCUT2D eigenvalue weighted by molar-refractivity contribution is 8.13. The summed E-state index contributed by atoms with van der Waals surface area (Å²) in [6.07, 6.45) is 5.39. The number of aliphatic hydroxyl groups is 3. The molecule has 8 atom stereocenters. The minimum atomic E-state index is -5.58. The molecule has 2 aromatic heterocycles. The van der Waals surface area contributed by atoms with Crippen molar-refractivity contribution in [3.8, 4) is 0 Å². The number of allylic oxidation sites excluding steroid dienone is 3. The van der Waals surface area contributed by atoms with Crippen LogP contribution in [-0.4, -0.2) is 134 Å². The predicted molar refractivity (Wildman–Crippen MR) is 229 cm³/mol. The Morgan fingerprint density at radius 3 is 2.39 bits per heavy atom. The molecule has 0 bridgehead atoms. The van der Waals surface area contributed by atoms with E-state index in [9.17, 15) is 63.0 Å². The molecule has 8 unspecified atom stereocenters. The summed E-state index contributed by atoms with van der Waals surface area (Å²) in [4.78, 5) is 88.1. The number of aliphatic hydroxyl groups excluding tert-OH is 3. The van der Waals surface area contributed by atoms with Crippen LogP contribution in [0.3, 0.4) is 0 Å². The van der Waals surface area contributed by atoms with Gasteiger partial charge in [-0.25, -0.2) is 28.6 Å². The van der Waals surface area contributed by atoms with Crippen molar-refractivity contribution in [2.75, 3.05) is 37.8 Å². The van der Waals surface area contributed by atoms with Crippen LogP contribution >= 0.6 is 35.2 Å². The van der Waals surface area contributed by atoms with E-state index in [1.54, 1.807) is 0 Å². The third kappa shape index (κ3) is 19.1. The molecular formula is C35H58N7O18P3S. The number of ether oxygens (including phenoxy) is 1. The van der Waals surface area contributed by atoms with Gasteiger partial charge in [-0.2, -0.15) is 4.31 Å². The number of rotatable bonds is 29. The fraction of sp³-hybridized carbons (Fsp3) is 0.657. The van der Waals surface area contributed by atoms with Crippen molar-refractivity contribution in [2.24, 2.45) is 5.41 Å². The second kappa shape index (κ2) is 25.8. The molecule has 1 saturated heterocycles. The third-order valence-corrected chi connectivity index (χ3v) is 13.3. The zero-order chi connectivity index (χ0) is 47.7. The van der Waals surface area contributed by atoms with Crippen molar-refractivity contribution >= 4 is 69.1 Å². The molecular weight excluding hydrogens is 931 g/mol. The Kier molecular flexibility index (Phi) is 22.3. The fourth-order valence-corrected chi connectivity index (χ4v) is 9.46. The number of phosphoric acid groups is 3. The molecule has 1 aliphatic heterocycles. The van der Waals surface area contributed by atoms with Gasteiger partial charge in [-0.05, 0) is 26.2 Å². The smallest absolute Gasteiger partial charge is 0.393 e. The maximum absolute atomic E-state index is 12.7. The molecule has 0 aromatic carbocycles. The average molecular weight is 990 g/mol. The van der Waals surface area contributed by atoms with Crippen LogP contribution in [0.5, 0.6) is 0 Å². The van der Waals surface area contributed by atoms with Gasteiger partial charge in [-0.15, -0.1) is 0 Å². The lowest BCUT2D eigenvalue weighted by Gasteiger charge is -2.30. The molecule has 25 nitrogen and oxygen atoms in total. The van der Waals surface area contributed by atoms with Gasteiger partial charge in [-0.1, -0.05) is 69.2 Å². The first kappa shape index (κ1) is 55.3. The number of fused-ring (bicyclic) bond motifs is 1. The minimum Gasteiger partial charge on any atom is -0.393 e. The Balaban J connectivity index is 1.36. The first-order chi connectivity index (χ1) is 29.9. The molecule has 2 aromatic rings. The summed E-state index contributed by atoms with van der Waals surface area (Å²) in [5.74, 6) is -1.12. The molecule has 11 N–H and O–H groups in total. The van der Waals surface area contributed by atoms with Gasteiger partial charge in [0.05, 0.1) is 25.6 Å². The lowest BCUT2D eigenvalue weighted by atomic mass is 9.87. The fourth-order valence-electron chi connectivity index (χ4n) is 5.91. The number of unbranched alkanes of at least 4 members (excludes halogenated alkanes) is 3. The average Bonchev–Trinajstić information content (AvgIpc) is 3.77. The number of phosphoric ester groups is 3. The Morgan fingerprint density at radius 1 is 0.984 bits per heavy atom. The van der Waals surface area contributed by atoms with Crippen molar-refractivity contribution < 1.29 is 85.6 Å². The number of imidazole rings is 1. The topological polar surface area (TPSA) is 384 Å². The zero-order valence-electron chi connectivity index (χ0n) is 35.4. The van der Waals surface area contributed by atoms with Crippen molar-refractivity contribution in [1.82, 2.24) is 30.2 Å². The van der Waals surface area contributed by atoms with Crippen LogP contribution in [0.15, 0.2) is 37.0 Å². The molecule has 1 aliphatic rings. The Bertz CT molecular complexity index is 2060. The van der Waals surface area contributed by atoms with Crippen LogP contribution < -0.4 is 16.4 Å². The number of nitrogens with two attached hydrogens (primary N) is 1. The van der Waals surface area contributed by atoms with Crippen LogP contribution in [0.4, 0.5) is 5.82 Å². The molecule has 0 saturated carbocycles. The van der Waals surface area contributed by atoms with Gasteiger partial charge in [0.1, 0.15) is 36.3 Å². The van der Waals surface area contributed by atoms with Crippen LogP contribution in [0, 0.1) is 5.41 Å². The largest absolute Gasteiger partial charge is 0.481 e. The van der Waals surface area contributed by atoms with Gasteiger partial charge in [0.15, 0.2) is 22.8 Å². The number of carbonyl (C=O) groups is 3. The van der Waals surface area contributed by atoms with E-state index in [-0.39, 0.29) is 47.7 Å². The number of carbonyl (C=O) groups excluding carboxylic acids is 3. The SMILES string of the molecule is C/C=C/C=C/CC(O)CCCCCCC(=O)SCCNC(=O)CCNC(=O)C(O)C(C)(C)COP(=O)(O)OP(=O)(O)OCC1OC(n2cnc3c(N)ncnc32)C(O)C1OP(=O)(O)O. The van der Waals surface area contributed by atoms with Gasteiger partial charge in [0.25, 0.3) is 0 Å². The van der Waals surface area contributed by atoms with Crippen LogP contribution in [0.2, 0.25) is 0 Å². The normalized spacial score (nSPS) is 21.2. The molecule has 0 radical (unpaired) electrons. The molecule has 29 heteroatoms. The monoisotopic (exact) mass is 989 g/mol. The van der Waals surface area contributed by atoms with E-state index in [1.165, 1.54) is 13.8 Å². The lowest BCUT2D eigenvalue weighted by Crippen LogP contribution is -2.46. The standard InChI is InChI=1S/C35H58N7O18P3S/c1-4-5-6-9-12-23(43)13-10-7-8-11-14-26(45)64-18-17-37-25(44)15-16-38-33(48)30(47)35(2,3)20-57-63(54,55)60-62(52,53)56-19-24-29(59-61(49,50)51)28(46)34(58-24)42-22-41-27-31(36)39-21-40-32(27)42/h4-6,9,21-24,28-30,34,43,46-47H,7-8,10-20H2,1-3H3,(H,37,44)(H,38,48)(H,52,53)(H,54,55)(H2,36,39,40)(H2,49,50,51)/b5-4+,9-6+. The number of hydrogen-bond acceptors (Lipinski definition) is 19. The van der Waals surface area contributed by atoms with Gasteiger partial charge in [0, 0.05) is 37.1 Å². The van der Waals surface area contributed by atoms with Gasteiger partial charge in [-0.3, -0.25) is 32.5 Å². The molecule has 3 rings (SSSR count). The van der Waals surface area contributed by atoms with E-state index < -0.39 is 84.6 Å². The van der Waals surface area contributed by atoms with Crippen molar-refractivity contribution in [3.05, 3.63) is 37.0 Å². The third-order valence-electron chi connectivity index (χ3n) is 9.28. The van der Waals surface area contributed by atoms with Gasteiger partial charge >= 0.3 is 23.5 Å². The van der Waals surface area contributed by atoms with Crippen LogP contribution in [0.1, 0.15) is 78.4 Å². The first-order valence-corrected chi connectivity index (χ1v) is 25.5. The lowest BCUT2D eigenvalue weighted by molar-refractivity contribution is -0.137. The van der Waals surface area contributed by atoms with E-state index in [4.69, 9.17) is 19.5 Å². The summed E-state index contributed by atoms with van der Waals surface area (Å²) in [7, 11) is -16.4. The maximum atomic E-state index is 12.7. The predicted octanol–water partition coefficient (Wildman–Crippen LogP) is 1.89. The van der Waals surface area contributed by atoms with Crippen LogP contribution in [-0.2, 0) is 50.7 Å². The number of aromatic nitrogens is 4. The number of anilines is 1. The second-order valence-electron chi connectivity index (χ2n) is 15.1. The van der Waals surface area contributed by atoms with E-state index >= 15 is 0 Å². The van der Waals surface area contributed by atoms with E-state index in [0.717, 1.165) is 54.7 Å². The first-order valence-electron chi connectivity index (χ1n) is 20.0. The van der Waals surface area contributed by atoms with Crippen molar-refractivity contribution in [2.45, 2.75) is 109 Å². The number of amides is 2. The molecule has 3 heterocycles. The van der Waals surface area contributed by atoms with Crippen LogP contribution in [0.25, 0.3) is 11.2 Å². The molecule has 64 heavy (non-hydrogen) atoms. The maximum Gasteiger partial charge on any atom is 0.481 e. The Labute approximate surface area is 373 Å². The van der Waals surface area contributed by atoms with Gasteiger partial charge in [0.2, 0.25) is 11.8 Å². The molecule has 1 fully saturated rings. The summed E-state index contributed by atoms with van der Waals surface area (Å²) in [5.41, 5.74) is 4.26. The molecule has 0 aliphatic carbocycles. The molecule has 2 amide bonds. The Morgan fingerprint density at radius 2 is 1.69 bits per heavy atom. The molecule has 0 spiro atoms. The number of nitrogens with zero attached hydrogens (tertiary/aromatic N) is 4. The summed E-state index contributed by atoms with van der Waals surface area (Å²) >= 11 is 1.10. The Hall–Kier alpha value is -3.00. The highest BCUT2D eigenvalue weighted by Gasteiger charge is 2.50. The summed E-state index contributed by atoms with van der Waals surface area (Å²) in [5, 5.41) is 36.5. The van der Waals surface area contributed by atoms with Crippen molar-refractivity contribution in [3.63, 3.8) is 0 Å². The molecule has 362 valence electrons. The number of nitrogens with one attached hydrogen (secondary N) is 2.